The van der Waals surface area contributed by atoms with Gasteiger partial charge in [0.15, 0.2) is 11.6 Å². The van der Waals surface area contributed by atoms with Crippen molar-refractivity contribution in [2.45, 2.75) is 53.0 Å². The Kier molecular flexibility index (Phi) is 6.13. The Morgan fingerprint density at radius 3 is 2.03 bits per heavy atom. The summed E-state index contributed by atoms with van der Waals surface area (Å²) in [5.74, 6) is 1.20. The lowest BCUT2D eigenvalue weighted by Gasteiger charge is -2.10. The minimum absolute atomic E-state index is 0.213. The average molecular weight is 481 g/mol. The van der Waals surface area contributed by atoms with Gasteiger partial charge in [-0.25, -0.2) is 13.1 Å². The molecule has 0 atom stereocenters. The fraction of sp³-hybridized carbons (Fsp3) is 0.304. The van der Waals surface area contributed by atoms with Crippen molar-refractivity contribution in [2.24, 2.45) is 0 Å². The normalized spacial score (nSPS) is 11.6. The van der Waals surface area contributed by atoms with Crippen molar-refractivity contribution in [1.82, 2.24) is 29.8 Å². The van der Waals surface area contributed by atoms with Crippen LogP contribution in [0.3, 0.4) is 0 Å². The average Bonchev–Trinajstić information content (AvgIpc) is 3.24. The topological polar surface area (TPSA) is 120 Å². The van der Waals surface area contributed by atoms with E-state index in [1.807, 2.05) is 39.8 Å². The van der Waals surface area contributed by atoms with Crippen molar-refractivity contribution in [3.05, 3.63) is 64.7 Å². The van der Waals surface area contributed by atoms with Crippen molar-refractivity contribution >= 4 is 27.2 Å². The van der Waals surface area contributed by atoms with E-state index in [0.717, 1.165) is 22.6 Å². The van der Waals surface area contributed by atoms with E-state index in [1.165, 1.54) is 0 Å². The Hall–Kier alpha value is -3.73. The Labute approximate surface area is 199 Å². The molecule has 0 aliphatic rings. The lowest BCUT2D eigenvalue weighted by molar-refractivity contribution is 0.598. The molecule has 0 aliphatic heterocycles. The summed E-state index contributed by atoms with van der Waals surface area (Å²) in [7, 11) is -3.76. The molecule has 3 heterocycles. The first-order valence-electron chi connectivity index (χ1n) is 10.9. The SMILES string of the molecule is CCn1nc(C)c(S(=O)(=O)Nc2ccc(Nc3ccc(-n4nc(C)c(C)c4C)nn3)cc2)c1C. The lowest BCUT2D eigenvalue weighted by atomic mass is 10.2. The van der Waals surface area contributed by atoms with Gasteiger partial charge in [-0.05, 0) is 83.5 Å². The smallest absolute Gasteiger partial charge is 0.265 e. The largest absolute Gasteiger partial charge is 0.339 e. The quantitative estimate of drug-likeness (QED) is 0.411. The van der Waals surface area contributed by atoms with Gasteiger partial charge >= 0.3 is 0 Å². The van der Waals surface area contributed by atoms with Gasteiger partial charge in [0.1, 0.15) is 4.90 Å². The van der Waals surface area contributed by atoms with Gasteiger partial charge < -0.3 is 5.32 Å². The molecule has 0 bridgehead atoms. The van der Waals surface area contributed by atoms with Crippen LogP contribution in [-0.2, 0) is 16.6 Å². The molecule has 178 valence electrons. The number of nitrogens with zero attached hydrogens (tertiary/aromatic N) is 6. The molecule has 4 rings (SSSR count). The highest BCUT2D eigenvalue weighted by Gasteiger charge is 2.24. The van der Waals surface area contributed by atoms with E-state index in [2.05, 4.69) is 30.4 Å². The van der Waals surface area contributed by atoms with E-state index < -0.39 is 10.0 Å². The van der Waals surface area contributed by atoms with Gasteiger partial charge in [0.25, 0.3) is 10.0 Å². The van der Waals surface area contributed by atoms with Crippen LogP contribution in [0.2, 0.25) is 0 Å². The summed E-state index contributed by atoms with van der Waals surface area (Å²) >= 11 is 0. The first-order chi connectivity index (χ1) is 16.1. The zero-order chi connectivity index (χ0) is 24.6. The van der Waals surface area contributed by atoms with Crippen LogP contribution in [0.15, 0.2) is 41.3 Å². The highest BCUT2D eigenvalue weighted by atomic mass is 32.2. The molecule has 0 amide bonds. The molecule has 0 spiro atoms. The third-order valence-corrected chi connectivity index (χ3v) is 7.45. The molecule has 0 radical (unpaired) electrons. The standard InChI is InChI=1S/C23H28N8O2S/c1-7-30-18(6)23(16(4)27-30)34(32,33)29-20-10-8-19(9-11-20)24-21-12-13-22(26-25-21)31-17(5)14(2)15(3)28-31/h8-13,29H,7H2,1-6H3,(H,24,25). The van der Waals surface area contributed by atoms with Gasteiger partial charge in [-0.2, -0.15) is 10.2 Å². The van der Waals surface area contributed by atoms with Gasteiger partial charge in [0, 0.05) is 23.6 Å². The summed E-state index contributed by atoms with van der Waals surface area (Å²) in [5, 5.41) is 20.5. The summed E-state index contributed by atoms with van der Waals surface area (Å²) in [6.45, 7) is 12.0. The molecular weight excluding hydrogens is 452 g/mol. The lowest BCUT2D eigenvalue weighted by Crippen LogP contribution is -2.15. The summed E-state index contributed by atoms with van der Waals surface area (Å²) in [5.41, 5.74) is 5.41. The minimum Gasteiger partial charge on any atom is -0.339 e. The zero-order valence-electron chi connectivity index (χ0n) is 20.1. The van der Waals surface area contributed by atoms with Crippen LogP contribution < -0.4 is 10.0 Å². The number of benzene rings is 1. The fourth-order valence-electron chi connectivity index (χ4n) is 3.80. The van der Waals surface area contributed by atoms with Gasteiger partial charge in [-0.15, -0.1) is 10.2 Å². The van der Waals surface area contributed by atoms with Crippen molar-refractivity contribution < 1.29 is 8.42 Å². The van der Waals surface area contributed by atoms with E-state index in [0.29, 0.717) is 35.3 Å². The molecule has 10 nitrogen and oxygen atoms in total. The second-order valence-electron chi connectivity index (χ2n) is 8.11. The Balaban J connectivity index is 1.47. The van der Waals surface area contributed by atoms with Gasteiger partial charge in [0.2, 0.25) is 0 Å². The van der Waals surface area contributed by atoms with Crippen LogP contribution in [0, 0.1) is 34.6 Å². The maximum absolute atomic E-state index is 12.9. The predicted molar refractivity (Wildman–Crippen MR) is 131 cm³/mol. The second kappa shape index (κ2) is 8.90. The van der Waals surface area contributed by atoms with Crippen molar-refractivity contribution in [2.75, 3.05) is 10.0 Å². The first-order valence-corrected chi connectivity index (χ1v) is 12.4. The van der Waals surface area contributed by atoms with Crippen molar-refractivity contribution in [3.63, 3.8) is 0 Å². The van der Waals surface area contributed by atoms with Crippen LogP contribution in [-0.4, -0.2) is 38.2 Å². The van der Waals surface area contributed by atoms with Crippen LogP contribution in [0.4, 0.5) is 17.2 Å². The highest BCUT2D eigenvalue weighted by molar-refractivity contribution is 7.92. The third kappa shape index (κ3) is 4.38. The molecule has 3 aromatic heterocycles. The molecule has 11 heteroatoms. The number of aryl methyl sites for hydroxylation is 3. The first kappa shape index (κ1) is 23.4. The van der Waals surface area contributed by atoms with Crippen molar-refractivity contribution in [3.8, 4) is 5.82 Å². The summed E-state index contributed by atoms with van der Waals surface area (Å²) < 4.78 is 32.0. The summed E-state index contributed by atoms with van der Waals surface area (Å²) in [6, 6.07) is 10.6. The van der Waals surface area contributed by atoms with Crippen LogP contribution in [0.1, 0.15) is 35.3 Å². The molecule has 2 N–H and O–H groups in total. The van der Waals surface area contributed by atoms with E-state index in [9.17, 15) is 8.42 Å². The van der Waals surface area contributed by atoms with Crippen LogP contribution in [0.25, 0.3) is 5.82 Å². The van der Waals surface area contributed by atoms with Gasteiger partial charge in [0.05, 0.1) is 17.1 Å². The molecule has 4 aromatic rings. The van der Waals surface area contributed by atoms with Gasteiger partial charge in [-0.3, -0.25) is 9.40 Å². The van der Waals surface area contributed by atoms with Crippen LogP contribution >= 0.6 is 0 Å². The Morgan fingerprint density at radius 1 is 0.824 bits per heavy atom. The maximum Gasteiger partial charge on any atom is 0.265 e. The van der Waals surface area contributed by atoms with E-state index >= 15 is 0 Å². The molecule has 0 aliphatic carbocycles. The molecule has 0 saturated heterocycles. The fourth-order valence-corrected chi connectivity index (χ4v) is 5.27. The Bertz CT molecular complexity index is 1440. The van der Waals surface area contributed by atoms with Crippen LogP contribution in [0.5, 0.6) is 0 Å². The number of hydrogen-bond donors (Lipinski definition) is 2. The molecular formula is C23H28N8O2S. The molecule has 0 saturated carbocycles. The number of aromatic nitrogens is 6. The maximum atomic E-state index is 12.9. The van der Waals surface area contributed by atoms with E-state index in [-0.39, 0.29) is 4.90 Å². The Morgan fingerprint density at radius 2 is 1.50 bits per heavy atom. The summed E-state index contributed by atoms with van der Waals surface area (Å²) in [4.78, 5) is 0.213. The van der Waals surface area contributed by atoms with E-state index in [1.54, 1.807) is 47.5 Å². The highest BCUT2D eigenvalue weighted by Crippen LogP contribution is 2.24. The number of nitrogens with one attached hydrogen (secondary N) is 2. The van der Waals surface area contributed by atoms with Gasteiger partial charge in [-0.1, -0.05) is 0 Å². The summed E-state index contributed by atoms with van der Waals surface area (Å²) in [6.07, 6.45) is 0. The molecule has 0 unspecified atom stereocenters. The number of sulfonamides is 1. The number of hydrogen-bond acceptors (Lipinski definition) is 7. The third-order valence-electron chi connectivity index (χ3n) is 5.81. The second-order valence-corrected chi connectivity index (χ2v) is 9.73. The van der Waals surface area contributed by atoms with Crippen molar-refractivity contribution in [1.29, 1.82) is 0 Å². The molecule has 1 aromatic carbocycles. The van der Waals surface area contributed by atoms with E-state index in [4.69, 9.17) is 0 Å². The monoisotopic (exact) mass is 480 g/mol. The number of anilines is 3. The predicted octanol–water partition coefficient (Wildman–Crippen LogP) is 3.97. The zero-order valence-corrected chi connectivity index (χ0v) is 20.9. The minimum atomic E-state index is -3.76. The molecule has 0 fully saturated rings. The number of rotatable bonds is 7. The molecule has 34 heavy (non-hydrogen) atoms.